The van der Waals surface area contributed by atoms with Gasteiger partial charge in [0.1, 0.15) is 18.2 Å². The highest BCUT2D eigenvalue weighted by Crippen LogP contribution is 2.28. The van der Waals surface area contributed by atoms with E-state index in [2.05, 4.69) is 4.98 Å². The van der Waals surface area contributed by atoms with Gasteiger partial charge in [0.25, 0.3) is 0 Å². The molecule has 1 aromatic heterocycles. The van der Waals surface area contributed by atoms with Crippen molar-refractivity contribution in [1.29, 1.82) is 0 Å². The van der Waals surface area contributed by atoms with Gasteiger partial charge in [-0.15, -0.1) is 5.01 Å². The molecule has 0 saturated heterocycles. The van der Waals surface area contributed by atoms with E-state index in [1.54, 1.807) is 18.2 Å². The summed E-state index contributed by atoms with van der Waals surface area (Å²) in [5.41, 5.74) is 2.50. The highest BCUT2D eigenvalue weighted by Gasteiger charge is 2.38. The Labute approximate surface area is 176 Å². The lowest BCUT2D eigenvalue weighted by molar-refractivity contribution is 0.0969. The van der Waals surface area contributed by atoms with Crippen molar-refractivity contribution < 1.29 is 18.7 Å². The summed E-state index contributed by atoms with van der Waals surface area (Å²) >= 11 is 0. The number of amides is 2. The monoisotopic (exact) mass is 416 g/mol. The molecule has 0 N–H and O–H groups in total. The van der Waals surface area contributed by atoms with Crippen molar-refractivity contribution in [1.82, 2.24) is 14.6 Å². The normalized spacial score (nSPS) is 13.4. The predicted octanol–water partition coefficient (Wildman–Crippen LogP) is 4.72. The van der Waals surface area contributed by atoms with Crippen molar-refractivity contribution in [3.8, 4) is 0 Å². The number of hydrazine groups is 1. The second-order valence-corrected chi connectivity index (χ2v) is 7.02. The zero-order chi connectivity index (χ0) is 21.4. The van der Waals surface area contributed by atoms with Crippen LogP contribution in [0.3, 0.4) is 0 Å². The Hall–Kier alpha value is -4.20. The van der Waals surface area contributed by atoms with E-state index in [0.29, 0.717) is 22.5 Å². The number of aromatic nitrogens is 2. The molecule has 0 atom stereocenters. The number of imidazole rings is 1. The SMILES string of the molecule is O=C(OCc1ccccc1)N1C(=O)n2c(nc3ccccc32)CN1c1ccc(F)cc1. The fourth-order valence-electron chi connectivity index (χ4n) is 3.58. The number of halogens is 1. The first kappa shape index (κ1) is 18.8. The van der Waals surface area contributed by atoms with E-state index in [4.69, 9.17) is 4.74 Å². The van der Waals surface area contributed by atoms with Crippen LogP contribution >= 0.6 is 0 Å². The lowest BCUT2D eigenvalue weighted by Crippen LogP contribution is -2.55. The van der Waals surface area contributed by atoms with E-state index < -0.39 is 17.9 Å². The molecular formula is C23H17FN4O3. The van der Waals surface area contributed by atoms with Crippen LogP contribution in [0.15, 0.2) is 78.9 Å². The Morgan fingerprint density at radius 1 is 0.968 bits per heavy atom. The lowest BCUT2D eigenvalue weighted by Gasteiger charge is -2.37. The molecule has 1 aliphatic rings. The highest BCUT2D eigenvalue weighted by atomic mass is 19.1. The number of imide groups is 1. The summed E-state index contributed by atoms with van der Waals surface area (Å²) < 4.78 is 20.3. The fourth-order valence-corrected chi connectivity index (χ4v) is 3.58. The second kappa shape index (κ2) is 7.56. The lowest BCUT2D eigenvalue weighted by atomic mass is 10.2. The van der Waals surface area contributed by atoms with Crippen molar-refractivity contribution in [2.24, 2.45) is 0 Å². The molecule has 0 aliphatic carbocycles. The summed E-state index contributed by atoms with van der Waals surface area (Å²) in [4.78, 5) is 31.0. The van der Waals surface area contributed by atoms with Crippen LogP contribution in [0, 0.1) is 5.82 Å². The molecule has 0 radical (unpaired) electrons. The van der Waals surface area contributed by atoms with Crippen LogP contribution < -0.4 is 5.01 Å². The molecule has 154 valence electrons. The van der Waals surface area contributed by atoms with Gasteiger partial charge < -0.3 is 4.74 Å². The third-order valence-electron chi connectivity index (χ3n) is 5.04. The number of hydrogen-bond donors (Lipinski definition) is 0. The molecule has 31 heavy (non-hydrogen) atoms. The second-order valence-electron chi connectivity index (χ2n) is 7.02. The smallest absolute Gasteiger partial charge is 0.438 e. The first-order chi connectivity index (χ1) is 15.1. The van der Waals surface area contributed by atoms with E-state index in [1.807, 2.05) is 36.4 Å². The van der Waals surface area contributed by atoms with Gasteiger partial charge in [-0.05, 0) is 42.0 Å². The average molecular weight is 416 g/mol. The molecule has 3 aromatic carbocycles. The zero-order valence-electron chi connectivity index (χ0n) is 16.3. The number of para-hydroxylation sites is 2. The Bertz CT molecular complexity index is 1270. The molecule has 4 aromatic rings. The number of hydrogen-bond acceptors (Lipinski definition) is 5. The van der Waals surface area contributed by atoms with Gasteiger partial charge in [-0.3, -0.25) is 5.01 Å². The van der Waals surface area contributed by atoms with Crippen LogP contribution in [0.2, 0.25) is 0 Å². The van der Waals surface area contributed by atoms with Gasteiger partial charge in [-0.25, -0.2) is 23.5 Å². The van der Waals surface area contributed by atoms with Crippen LogP contribution in [0.4, 0.5) is 19.7 Å². The summed E-state index contributed by atoms with van der Waals surface area (Å²) in [5, 5.41) is 2.37. The number of anilines is 1. The number of rotatable bonds is 3. The summed E-state index contributed by atoms with van der Waals surface area (Å²) in [6.45, 7) is 0.144. The van der Waals surface area contributed by atoms with Crippen LogP contribution in [0.1, 0.15) is 11.4 Å². The predicted molar refractivity (Wildman–Crippen MR) is 112 cm³/mol. The molecule has 7 nitrogen and oxygen atoms in total. The van der Waals surface area contributed by atoms with Crippen molar-refractivity contribution in [2.75, 3.05) is 5.01 Å². The first-order valence-corrected chi connectivity index (χ1v) is 9.66. The molecule has 1 aliphatic heterocycles. The average Bonchev–Trinajstić information content (AvgIpc) is 3.17. The maximum Gasteiger partial charge on any atom is 0.438 e. The third kappa shape index (κ3) is 3.38. The van der Waals surface area contributed by atoms with Gasteiger partial charge in [0.15, 0.2) is 0 Å². The van der Waals surface area contributed by atoms with Crippen molar-refractivity contribution >= 4 is 28.8 Å². The number of fused-ring (bicyclic) bond motifs is 3. The van der Waals surface area contributed by atoms with Gasteiger partial charge >= 0.3 is 12.1 Å². The maximum atomic E-state index is 13.5. The molecule has 0 spiro atoms. The molecule has 2 heterocycles. The van der Waals surface area contributed by atoms with E-state index in [-0.39, 0.29) is 13.2 Å². The van der Waals surface area contributed by atoms with Gasteiger partial charge in [0.2, 0.25) is 0 Å². The molecule has 0 saturated carbocycles. The molecule has 5 rings (SSSR count). The van der Waals surface area contributed by atoms with E-state index in [0.717, 1.165) is 10.6 Å². The quantitative estimate of drug-likeness (QED) is 0.484. The van der Waals surface area contributed by atoms with Crippen LogP contribution in [0.5, 0.6) is 0 Å². The maximum absolute atomic E-state index is 13.5. The van der Waals surface area contributed by atoms with Crippen molar-refractivity contribution in [3.63, 3.8) is 0 Å². The number of carbonyl (C=O) groups excluding carboxylic acids is 2. The summed E-state index contributed by atoms with van der Waals surface area (Å²) in [6, 6.07) is 21.3. The van der Waals surface area contributed by atoms with E-state index in [9.17, 15) is 14.0 Å². The fraction of sp³-hybridized carbons (Fsp3) is 0.0870. The molecule has 0 fully saturated rings. The molecule has 0 unspecified atom stereocenters. The van der Waals surface area contributed by atoms with Crippen LogP contribution in [-0.4, -0.2) is 26.7 Å². The largest absolute Gasteiger partial charge is 0.443 e. The zero-order valence-corrected chi connectivity index (χ0v) is 16.3. The van der Waals surface area contributed by atoms with Gasteiger partial charge in [-0.2, -0.15) is 0 Å². The van der Waals surface area contributed by atoms with Crippen LogP contribution in [0.25, 0.3) is 11.0 Å². The minimum Gasteiger partial charge on any atom is -0.443 e. The van der Waals surface area contributed by atoms with E-state index in [1.165, 1.54) is 33.8 Å². The Balaban J connectivity index is 1.53. The molecule has 0 bridgehead atoms. The number of ether oxygens (including phenoxy) is 1. The highest BCUT2D eigenvalue weighted by molar-refractivity contribution is 6.00. The summed E-state index contributed by atoms with van der Waals surface area (Å²) in [6.07, 6.45) is -0.832. The molecule has 8 heteroatoms. The van der Waals surface area contributed by atoms with Crippen molar-refractivity contribution in [2.45, 2.75) is 13.2 Å². The molecule has 2 amide bonds. The van der Waals surface area contributed by atoms with E-state index >= 15 is 0 Å². The Kier molecular flexibility index (Phi) is 4.59. The van der Waals surface area contributed by atoms with Crippen LogP contribution in [-0.2, 0) is 17.9 Å². The summed E-state index contributed by atoms with van der Waals surface area (Å²) in [7, 11) is 0. The third-order valence-corrected chi connectivity index (χ3v) is 5.04. The number of nitrogens with zero attached hydrogens (tertiary/aromatic N) is 4. The standard InChI is InChI=1S/C23H17FN4O3/c24-17-10-12-18(13-11-17)26-14-21-25-19-8-4-5-9-20(19)27(21)22(29)28(26)23(30)31-15-16-6-2-1-3-7-16/h1-13H,14-15H2. The first-order valence-electron chi connectivity index (χ1n) is 9.66. The van der Waals surface area contributed by atoms with Gasteiger partial charge in [-0.1, -0.05) is 42.5 Å². The minimum atomic E-state index is -0.832. The Morgan fingerprint density at radius 2 is 1.68 bits per heavy atom. The topological polar surface area (TPSA) is 67.7 Å². The number of benzene rings is 3. The molecular weight excluding hydrogens is 399 g/mol. The van der Waals surface area contributed by atoms with Gasteiger partial charge in [0, 0.05) is 0 Å². The summed E-state index contributed by atoms with van der Waals surface area (Å²) in [5.74, 6) is 0.0557. The number of carbonyl (C=O) groups is 2. The van der Waals surface area contributed by atoms with Gasteiger partial charge in [0.05, 0.1) is 23.3 Å². The Morgan fingerprint density at radius 3 is 2.45 bits per heavy atom. The van der Waals surface area contributed by atoms with Crippen molar-refractivity contribution in [3.05, 3.63) is 96.1 Å². The minimum absolute atomic E-state index is 0.0121.